The van der Waals surface area contributed by atoms with Crippen molar-refractivity contribution in [1.82, 2.24) is 10.6 Å². The third kappa shape index (κ3) is 4.38. The summed E-state index contributed by atoms with van der Waals surface area (Å²) in [6.45, 7) is 5.53. The van der Waals surface area contributed by atoms with Crippen molar-refractivity contribution in [2.24, 2.45) is 5.41 Å². The Bertz CT molecular complexity index is 342. The topological polar surface area (TPSA) is 98.7 Å². The smallest absolute Gasteiger partial charge is 0.328 e. The lowest BCUT2D eigenvalue weighted by Gasteiger charge is -2.39. The van der Waals surface area contributed by atoms with E-state index in [0.29, 0.717) is 0 Å². The van der Waals surface area contributed by atoms with Gasteiger partial charge in [-0.3, -0.25) is 0 Å². The maximum Gasteiger partial charge on any atom is 0.328 e. The molecule has 19 heavy (non-hydrogen) atoms. The average Bonchev–Trinajstić information content (AvgIpc) is 2.28. The van der Waals surface area contributed by atoms with Gasteiger partial charge in [-0.25, -0.2) is 9.59 Å². The molecular formula is C13H24N2O4. The summed E-state index contributed by atoms with van der Waals surface area (Å²) in [6, 6.07) is -1.79. The zero-order valence-corrected chi connectivity index (χ0v) is 11.8. The lowest BCUT2D eigenvalue weighted by Crippen LogP contribution is -2.56. The second kappa shape index (κ2) is 6.23. The van der Waals surface area contributed by atoms with Crippen molar-refractivity contribution in [2.45, 2.75) is 64.6 Å². The minimum Gasteiger partial charge on any atom is -0.480 e. The Morgan fingerprint density at radius 1 is 1.32 bits per heavy atom. The van der Waals surface area contributed by atoms with Crippen molar-refractivity contribution < 1.29 is 19.8 Å². The maximum atomic E-state index is 11.8. The molecule has 1 aliphatic carbocycles. The van der Waals surface area contributed by atoms with Crippen molar-refractivity contribution in [3.63, 3.8) is 0 Å². The Kier molecular flexibility index (Phi) is 5.17. The molecule has 1 rings (SSSR count). The number of carboxylic acid groups (broad SMARTS) is 1. The third-order valence-corrected chi connectivity index (χ3v) is 3.85. The standard InChI is InChI=1S/C13H24N2O4/c1-8(16)10(11(17)18)15-12(19)14-9-6-4-5-7-13(9,2)3/h8-10,16H,4-7H2,1-3H3,(H,17,18)(H2,14,15,19). The normalized spacial score (nSPS) is 25.2. The summed E-state index contributed by atoms with van der Waals surface area (Å²) in [7, 11) is 0. The van der Waals surface area contributed by atoms with Gasteiger partial charge in [0.2, 0.25) is 0 Å². The van der Waals surface area contributed by atoms with Crippen molar-refractivity contribution in [2.75, 3.05) is 0 Å². The molecule has 0 heterocycles. The molecule has 0 saturated heterocycles. The van der Waals surface area contributed by atoms with E-state index in [1.807, 2.05) is 0 Å². The molecule has 3 unspecified atom stereocenters. The van der Waals surface area contributed by atoms with E-state index in [-0.39, 0.29) is 11.5 Å². The maximum absolute atomic E-state index is 11.8. The van der Waals surface area contributed by atoms with Crippen molar-refractivity contribution >= 4 is 12.0 Å². The fraction of sp³-hybridized carbons (Fsp3) is 0.846. The van der Waals surface area contributed by atoms with Crippen LogP contribution in [0.5, 0.6) is 0 Å². The lowest BCUT2D eigenvalue weighted by atomic mass is 9.73. The number of amides is 2. The zero-order valence-electron chi connectivity index (χ0n) is 11.8. The molecular weight excluding hydrogens is 248 g/mol. The highest BCUT2D eigenvalue weighted by Crippen LogP contribution is 2.35. The molecule has 0 spiro atoms. The Hall–Kier alpha value is -1.30. The number of nitrogens with one attached hydrogen (secondary N) is 2. The summed E-state index contributed by atoms with van der Waals surface area (Å²) >= 11 is 0. The van der Waals surface area contributed by atoms with E-state index in [4.69, 9.17) is 5.11 Å². The molecule has 6 heteroatoms. The Labute approximate surface area is 113 Å². The number of carboxylic acids is 1. The molecule has 110 valence electrons. The molecule has 1 aliphatic rings. The van der Waals surface area contributed by atoms with Crippen molar-refractivity contribution in [3.05, 3.63) is 0 Å². The summed E-state index contributed by atoms with van der Waals surface area (Å²) in [5.41, 5.74) is 0.0130. The first kappa shape index (κ1) is 15.8. The fourth-order valence-electron chi connectivity index (χ4n) is 2.49. The minimum atomic E-state index is -1.29. The van der Waals surface area contributed by atoms with Crippen LogP contribution < -0.4 is 10.6 Å². The molecule has 0 aliphatic heterocycles. The van der Waals surface area contributed by atoms with E-state index < -0.39 is 24.1 Å². The van der Waals surface area contributed by atoms with E-state index in [2.05, 4.69) is 24.5 Å². The number of hydrogen-bond donors (Lipinski definition) is 4. The SMILES string of the molecule is CC(O)C(NC(=O)NC1CCCCC1(C)C)C(=O)O. The molecule has 4 N–H and O–H groups in total. The van der Waals surface area contributed by atoms with Crippen LogP contribution in [0.25, 0.3) is 0 Å². The molecule has 1 saturated carbocycles. The first-order valence-electron chi connectivity index (χ1n) is 6.72. The molecule has 0 bridgehead atoms. The average molecular weight is 272 g/mol. The van der Waals surface area contributed by atoms with Crippen LogP contribution in [0.4, 0.5) is 4.79 Å². The first-order valence-corrected chi connectivity index (χ1v) is 6.72. The Morgan fingerprint density at radius 2 is 1.95 bits per heavy atom. The van der Waals surface area contributed by atoms with E-state index in [1.54, 1.807) is 0 Å². The summed E-state index contributed by atoms with van der Waals surface area (Å²) < 4.78 is 0. The van der Waals surface area contributed by atoms with Gasteiger partial charge in [-0.15, -0.1) is 0 Å². The number of aliphatic hydroxyl groups is 1. The van der Waals surface area contributed by atoms with Crippen LogP contribution in [0.15, 0.2) is 0 Å². The van der Waals surface area contributed by atoms with Gasteiger partial charge in [-0.1, -0.05) is 26.7 Å². The van der Waals surface area contributed by atoms with Gasteiger partial charge in [0, 0.05) is 6.04 Å². The Morgan fingerprint density at radius 3 is 2.42 bits per heavy atom. The summed E-state index contributed by atoms with van der Waals surface area (Å²) in [6.07, 6.45) is 3.01. The molecule has 6 nitrogen and oxygen atoms in total. The molecule has 0 radical (unpaired) electrons. The van der Waals surface area contributed by atoms with Gasteiger partial charge in [0.1, 0.15) is 0 Å². The largest absolute Gasteiger partial charge is 0.480 e. The number of aliphatic hydroxyl groups excluding tert-OH is 1. The van der Waals surface area contributed by atoms with Crippen LogP contribution in [-0.2, 0) is 4.79 Å². The van der Waals surface area contributed by atoms with Crippen LogP contribution in [0.3, 0.4) is 0 Å². The van der Waals surface area contributed by atoms with Gasteiger partial charge < -0.3 is 20.8 Å². The van der Waals surface area contributed by atoms with Gasteiger partial charge in [0.25, 0.3) is 0 Å². The number of carbonyl (C=O) groups excluding carboxylic acids is 1. The lowest BCUT2D eigenvalue weighted by molar-refractivity contribution is -0.141. The number of hydrogen-bond acceptors (Lipinski definition) is 3. The zero-order chi connectivity index (χ0) is 14.6. The summed E-state index contributed by atoms with van der Waals surface area (Å²) in [4.78, 5) is 22.7. The Balaban J connectivity index is 2.56. The quantitative estimate of drug-likeness (QED) is 0.615. The summed E-state index contributed by atoms with van der Waals surface area (Å²) in [5, 5.41) is 23.3. The molecule has 0 aromatic carbocycles. The number of urea groups is 1. The number of rotatable bonds is 4. The van der Waals surface area contributed by atoms with Crippen molar-refractivity contribution in [3.8, 4) is 0 Å². The van der Waals surface area contributed by atoms with Crippen LogP contribution in [0.2, 0.25) is 0 Å². The molecule has 0 aromatic rings. The van der Waals surface area contributed by atoms with E-state index in [1.165, 1.54) is 6.92 Å². The highest BCUT2D eigenvalue weighted by molar-refractivity contribution is 5.83. The van der Waals surface area contributed by atoms with Crippen LogP contribution in [0, 0.1) is 5.41 Å². The minimum absolute atomic E-state index is 0.0130. The monoisotopic (exact) mass is 272 g/mol. The molecule has 1 fully saturated rings. The summed E-state index contributed by atoms with van der Waals surface area (Å²) in [5.74, 6) is -1.24. The highest BCUT2D eigenvalue weighted by atomic mass is 16.4. The second-order valence-corrected chi connectivity index (χ2v) is 5.96. The van der Waals surface area contributed by atoms with Gasteiger partial charge in [-0.2, -0.15) is 0 Å². The van der Waals surface area contributed by atoms with Crippen LogP contribution in [0.1, 0.15) is 46.5 Å². The van der Waals surface area contributed by atoms with E-state index >= 15 is 0 Å². The highest BCUT2D eigenvalue weighted by Gasteiger charge is 2.34. The number of aliphatic carboxylic acids is 1. The van der Waals surface area contributed by atoms with E-state index in [9.17, 15) is 14.7 Å². The van der Waals surface area contributed by atoms with Gasteiger partial charge in [-0.05, 0) is 25.2 Å². The van der Waals surface area contributed by atoms with Crippen LogP contribution in [-0.4, -0.2) is 40.4 Å². The van der Waals surface area contributed by atoms with Crippen molar-refractivity contribution in [1.29, 1.82) is 0 Å². The molecule has 0 aromatic heterocycles. The second-order valence-electron chi connectivity index (χ2n) is 5.96. The molecule has 3 atom stereocenters. The van der Waals surface area contributed by atoms with E-state index in [0.717, 1.165) is 25.7 Å². The number of carbonyl (C=O) groups is 2. The van der Waals surface area contributed by atoms with Gasteiger partial charge in [0.05, 0.1) is 6.10 Å². The predicted octanol–water partition coefficient (Wildman–Crippen LogP) is 1.09. The fourth-order valence-corrected chi connectivity index (χ4v) is 2.49. The third-order valence-electron chi connectivity index (χ3n) is 3.85. The van der Waals surface area contributed by atoms with Gasteiger partial charge in [0.15, 0.2) is 6.04 Å². The first-order chi connectivity index (χ1) is 8.74. The predicted molar refractivity (Wildman–Crippen MR) is 70.8 cm³/mol. The van der Waals surface area contributed by atoms with Crippen LogP contribution >= 0.6 is 0 Å². The van der Waals surface area contributed by atoms with Gasteiger partial charge >= 0.3 is 12.0 Å². The molecule has 2 amide bonds.